The molecule has 134 valence electrons. The molecule has 1 heterocycles. The largest absolute Gasteiger partial charge is 0.370 e. The minimum absolute atomic E-state index is 0.204. The second kappa shape index (κ2) is 7.98. The number of benzene rings is 2. The van der Waals surface area contributed by atoms with Crippen LogP contribution in [-0.2, 0) is 4.74 Å². The predicted molar refractivity (Wildman–Crippen MR) is 94.8 cm³/mol. The van der Waals surface area contributed by atoms with Gasteiger partial charge in [0.05, 0.1) is 30.8 Å². The van der Waals surface area contributed by atoms with Gasteiger partial charge in [0, 0.05) is 6.54 Å². The fourth-order valence-corrected chi connectivity index (χ4v) is 2.98. The Kier molecular flexibility index (Phi) is 5.49. The number of nitrogens with zero attached hydrogens (tertiary/aromatic N) is 2. The normalized spacial score (nSPS) is 18.0. The number of halogens is 1. The van der Waals surface area contributed by atoms with Crippen molar-refractivity contribution in [2.45, 2.75) is 19.1 Å². The summed E-state index contributed by atoms with van der Waals surface area (Å²) in [5, 5.41) is 11.9. The van der Waals surface area contributed by atoms with Crippen LogP contribution in [0.15, 0.2) is 48.5 Å². The number of rotatable bonds is 3. The molecular weight excluding hydrogens is 333 g/mol. The molecule has 2 aromatic carbocycles. The third-order valence-electron chi connectivity index (χ3n) is 4.43. The van der Waals surface area contributed by atoms with Crippen molar-refractivity contribution in [3.8, 4) is 6.07 Å². The van der Waals surface area contributed by atoms with Gasteiger partial charge in [0.15, 0.2) is 0 Å². The molecule has 2 aromatic rings. The first-order valence-corrected chi connectivity index (χ1v) is 8.49. The highest BCUT2D eigenvalue weighted by Crippen LogP contribution is 2.23. The Balaban J connectivity index is 1.64. The number of carbonyl (C=O) groups excluding carboxylic acids is 1. The molecule has 5 nitrogen and oxygen atoms in total. The van der Waals surface area contributed by atoms with Crippen LogP contribution in [0.2, 0.25) is 0 Å². The molecule has 0 unspecified atom stereocenters. The summed E-state index contributed by atoms with van der Waals surface area (Å²) in [6, 6.07) is 15.1. The highest BCUT2D eigenvalue weighted by molar-refractivity contribution is 5.75. The van der Waals surface area contributed by atoms with Gasteiger partial charge < -0.3 is 15.0 Å². The molecular formula is C20H20FN3O2. The van der Waals surface area contributed by atoms with Crippen molar-refractivity contribution in [3.05, 3.63) is 71.0 Å². The van der Waals surface area contributed by atoms with Gasteiger partial charge in [-0.25, -0.2) is 9.18 Å². The Bertz CT molecular complexity index is 834. The van der Waals surface area contributed by atoms with E-state index in [-0.39, 0.29) is 24.0 Å². The third kappa shape index (κ3) is 4.19. The number of urea groups is 1. The van der Waals surface area contributed by atoms with Crippen LogP contribution in [-0.4, -0.2) is 30.6 Å². The predicted octanol–water partition coefficient (Wildman–Crippen LogP) is 3.54. The van der Waals surface area contributed by atoms with Crippen LogP contribution in [0, 0.1) is 17.1 Å². The lowest BCUT2D eigenvalue weighted by atomic mass is 10.1. The van der Waals surface area contributed by atoms with Crippen LogP contribution >= 0.6 is 0 Å². The van der Waals surface area contributed by atoms with Gasteiger partial charge >= 0.3 is 6.03 Å². The Morgan fingerprint density at radius 3 is 2.92 bits per heavy atom. The van der Waals surface area contributed by atoms with Gasteiger partial charge in [-0.2, -0.15) is 5.26 Å². The molecule has 1 aliphatic heterocycles. The molecule has 1 fully saturated rings. The number of hydrogen-bond donors (Lipinski definition) is 1. The monoisotopic (exact) mass is 353 g/mol. The lowest BCUT2D eigenvalue weighted by molar-refractivity contribution is -0.0158. The maximum atomic E-state index is 13.4. The van der Waals surface area contributed by atoms with Crippen molar-refractivity contribution in [2.75, 3.05) is 19.7 Å². The molecule has 0 spiro atoms. The number of amides is 2. The zero-order chi connectivity index (χ0) is 18.5. The second-order valence-corrected chi connectivity index (χ2v) is 6.27. The fraction of sp³-hybridized carbons (Fsp3) is 0.300. The first-order valence-electron chi connectivity index (χ1n) is 8.49. The van der Waals surface area contributed by atoms with Gasteiger partial charge in [-0.3, -0.25) is 0 Å². The summed E-state index contributed by atoms with van der Waals surface area (Å²) < 4.78 is 19.1. The van der Waals surface area contributed by atoms with E-state index < -0.39 is 0 Å². The smallest absolute Gasteiger partial charge is 0.318 e. The van der Waals surface area contributed by atoms with Crippen LogP contribution in [0.1, 0.15) is 35.8 Å². The summed E-state index contributed by atoms with van der Waals surface area (Å²) in [6.45, 7) is 3.11. The summed E-state index contributed by atoms with van der Waals surface area (Å²) in [5.41, 5.74) is 2.14. The number of morpholine rings is 1. The summed E-state index contributed by atoms with van der Waals surface area (Å²) >= 11 is 0. The zero-order valence-electron chi connectivity index (χ0n) is 14.5. The molecule has 0 aromatic heterocycles. The first-order chi connectivity index (χ1) is 12.6. The van der Waals surface area contributed by atoms with Crippen LogP contribution in [0.25, 0.3) is 0 Å². The Morgan fingerprint density at radius 2 is 2.15 bits per heavy atom. The molecule has 1 saturated heterocycles. The molecule has 0 aliphatic carbocycles. The van der Waals surface area contributed by atoms with Crippen molar-refractivity contribution >= 4 is 6.03 Å². The molecule has 0 saturated carbocycles. The average Bonchev–Trinajstić information content (AvgIpc) is 2.68. The van der Waals surface area contributed by atoms with Crippen molar-refractivity contribution < 1.29 is 13.9 Å². The van der Waals surface area contributed by atoms with Crippen molar-refractivity contribution in [1.82, 2.24) is 10.2 Å². The van der Waals surface area contributed by atoms with Gasteiger partial charge in [0.25, 0.3) is 0 Å². The van der Waals surface area contributed by atoms with Gasteiger partial charge in [-0.15, -0.1) is 0 Å². The van der Waals surface area contributed by atoms with E-state index in [0.717, 1.165) is 11.1 Å². The van der Waals surface area contributed by atoms with E-state index in [0.29, 0.717) is 25.3 Å². The van der Waals surface area contributed by atoms with Crippen molar-refractivity contribution in [3.63, 3.8) is 0 Å². The molecule has 2 atom stereocenters. The van der Waals surface area contributed by atoms with E-state index in [2.05, 4.69) is 11.4 Å². The lowest BCUT2D eigenvalue weighted by Gasteiger charge is -2.34. The molecule has 6 heteroatoms. The van der Waals surface area contributed by atoms with E-state index >= 15 is 0 Å². The van der Waals surface area contributed by atoms with Gasteiger partial charge in [0.1, 0.15) is 11.9 Å². The van der Waals surface area contributed by atoms with Crippen LogP contribution in [0.3, 0.4) is 0 Å². The maximum Gasteiger partial charge on any atom is 0.318 e. The lowest BCUT2D eigenvalue weighted by Crippen LogP contribution is -2.47. The van der Waals surface area contributed by atoms with Gasteiger partial charge in [0.2, 0.25) is 0 Å². The molecule has 2 amide bonds. The minimum Gasteiger partial charge on any atom is -0.370 e. The highest BCUT2D eigenvalue weighted by Gasteiger charge is 2.26. The number of hydrogen-bond acceptors (Lipinski definition) is 3. The van der Waals surface area contributed by atoms with Crippen LogP contribution in [0.5, 0.6) is 0 Å². The summed E-state index contributed by atoms with van der Waals surface area (Å²) in [6.07, 6.45) is -0.345. The topological polar surface area (TPSA) is 65.4 Å². The second-order valence-electron chi connectivity index (χ2n) is 6.27. The fourth-order valence-electron chi connectivity index (χ4n) is 2.98. The summed E-state index contributed by atoms with van der Waals surface area (Å²) in [4.78, 5) is 14.3. The molecule has 0 bridgehead atoms. The minimum atomic E-state index is -0.345. The van der Waals surface area contributed by atoms with Crippen LogP contribution < -0.4 is 5.32 Å². The maximum absolute atomic E-state index is 13.4. The molecule has 26 heavy (non-hydrogen) atoms. The molecule has 3 rings (SSSR count). The third-order valence-corrected chi connectivity index (χ3v) is 4.43. The van der Waals surface area contributed by atoms with E-state index in [1.807, 2.05) is 13.0 Å². The van der Waals surface area contributed by atoms with Crippen molar-refractivity contribution in [1.29, 1.82) is 5.26 Å². The Hall–Kier alpha value is -2.91. The van der Waals surface area contributed by atoms with Crippen molar-refractivity contribution in [2.24, 2.45) is 0 Å². The van der Waals surface area contributed by atoms with E-state index in [1.54, 1.807) is 35.2 Å². The van der Waals surface area contributed by atoms with Gasteiger partial charge in [-0.05, 0) is 42.3 Å². The van der Waals surface area contributed by atoms with Gasteiger partial charge in [-0.1, -0.05) is 24.3 Å². The zero-order valence-corrected chi connectivity index (χ0v) is 14.5. The standard InChI is InChI=1S/C20H20FN3O2/c1-14(16-5-2-4-15(10-16)12-22)23-20(25)24-8-9-26-19(13-24)17-6-3-7-18(21)11-17/h2-7,10-11,14,19H,8-9,13H2,1H3,(H,23,25)/t14-,19+/m0/s1. The van der Waals surface area contributed by atoms with Crippen LogP contribution in [0.4, 0.5) is 9.18 Å². The highest BCUT2D eigenvalue weighted by atomic mass is 19.1. The quantitative estimate of drug-likeness (QED) is 0.918. The Labute approximate surface area is 152 Å². The Morgan fingerprint density at radius 1 is 1.35 bits per heavy atom. The molecule has 1 N–H and O–H groups in total. The number of nitrogens with one attached hydrogen (secondary N) is 1. The number of nitriles is 1. The SMILES string of the molecule is C[C@H](NC(=O)N1CCO[C@@H](c2cccc(F)c2)C1)c1cccc(C#N)c1. The number of carbonyl (C=O) groups is 1. The first kappa shape index (κ1) is 17.9. The molecule has 1 aliphatic rings. The summed E-state index contributed by atoms with van der Waals surface area (Å²) in [5.74, 6) is -0.321. The van der Waals surface area contributed by atoms with E-state index in [9.17, 15) is 9.18 Å². The molecule has 0 radical (unpaired) electrons. The van der Waals surface area contributed by atoms with E-state index in [1.165, 1.54) is 12.1 Å². The number of ether oxygens (including phenoxy) is 1. The summed E-state index contributed by atoms with van der Waals surface area (Å²) in [7, 11) is 0. The van der Waals surface area contributed by atoms with E-state index in [4.69, 9.17) is 10.00 Å². The average molecular weight is 353 g/mol.